The molecule has 1 fully saturated rings. The van der Waals surface area contributed by atoms with Crippen LogP contribution in [0, 0.1) is 0 Å². The van der Waals surface area contributed by atoms with Gasteiger partial charge in [-0.3, -0.25) is 4.79 Å². The number of aromatic nitrogens is 2. The highest BCUT2D eigenvalue weighted by Gasteiger charge is 2.24. The highest BCUT2D eigenvalue weighted by Crippen LogP contribution is 2.19. The van der Waals surface area contributed by atoms with Gasteiger partial charge in [0.05, 0.1) is 12.1 Å². The van der Waals surface area contributed by atoms with Gasteiger partial charge in [-0.15, -0.1) is 10.2 Å². The predicted molar refractivity (Wildman–Crippen MR) is 69.8 cm³/mol. The molecule has 0 aliphatic heterocycles. The third-order valence-corrected chi connectivity index (χ3v) is 4.07. The maximum Gasteiger partial charge on any atom is 0.282 e. The molecule has 3 N–H and O–H groups in total. The van der Waals surface area contributed by atoms with Crippen LogP contribution in [-0.2, 0) is 0 Å². The molecule has 100 valence electrons. The van der Waals surface area contributed by atoms with Gasteiger partial charge in [0.25, 0.3) is 5.91 Å². The minimum Gasteiger partial charge on any atom is -0.391 e. The lowest BCUT2D eigenvalue weighted by atomic mass is 10.1. The molecular formula is C11H18N4O2S. The average Bonchev–Trinajstić information content (AvgIpc) is 2.77. The average molecular weight is 270 g/mol. The van der Waals surface area contributed by atoms with Crippen LogP contribution in [0.5, 0.6) is 0 Å². The minimum atomic E-state index is -0.451. The van der Waals surface area contributed by atoms with E-state index in [1.807, 2.05) is 0 Å². The van der Waals surface area contributed by atoms with E-state index in [0.29, 0.717) is 10.1 Å². The first-order valence-corrected chi connectivity index (χ1v) is 7.02. The van der Waals surface area contributed by atoms with Gasteiger partial charge in [0.15, 0.2) is 0 Å². The molecule has 1 heterocycles. The van der Waals surface area contributed by atoms with Crippen LogP contribution in [0.2, 0.25) is 0 Å². The van der Waals surface area contributed by atoms with Crippen LogP contribution in [0.15, 0.2) is 0 Å². The first kappa shape index (κ1) is 13.2. The second-order valence-corrected chi connectivity index (χ2v) is 5.43. The summed E-state index contributed by atoms with van der Waals surface area (Å²) in [6, 6.07) is -0.165. The maximum absolute atomic E-state index is 12.0. The van der Waals surface area contributed by atoms with E-state index in [-0.39, 0.29) is 11.9 Å². The number of hydrogen-bond donors (Lipinski definition) is 3. The van der Waals surface area contributed by atoms with Crippen molar-refractivity contribution in [2.45, 2.75) is 44.2 Å². The van der Waals surface area contributed by atoms with Crippen molar-refractivity contribution in [3.63, 3.8) is 0 Å². The molecule has 1 aliphatic rings. The van der Waals surface area contributed by atoms with Gasteiger partial charge < -0.3 is 15.7 Å². The predicted octanol–water partition coefficient (Wildman–Crippen LogP) is 1.00. The summed E-state index contributed by atoms with van der Waals surface area (Å²) in [6.07, 6.45) is 4.31. The van der Waals surface area contributed by atoms with E-state index in [0.717, 1.165) is 32.1 Å². The van der Waals surface area contributed by atoms with Gasteiger partial charge in [-0.05, 0) is 12.8 Å². The number of carbonyl (C=O) groups excluding carboxylic acids is 1. The van der Waals surface area contributed by atoms with Gasteiger partial charge >= 0.3 is 0 Å². The van der Waals surface area contributed by atoms with Gasteiger partial charge in [-0.2, -0.15) is 0 Å². The van der Waals surface area contributed by atoms with Crippen molar-refractivity contribution in [2.75, 3.05) is 12.4 Å². The van der Waals surface area contributed by atoms with Crippen molar-refractivity contribution >= 4 is 22.4 Å². The quantitative estimate of drug-likeness (QED) is 0.713. The van der Waals surface area contributed by atoms with Crippen molar-refractivity contribution in [3.05, 3.63) is 5.01 Å². The molecule has 1 saturated carbocycles. The molecule has 0 bridgehead atoms. The Hall–Kier alpha value is -1.21. The zero-order valence-electron chi connectivity index (χ0n) is 10.3. The Morgan fingerprint density at radius 2 is 2.11 bits per heavy atom. The van der Waals surface area contributed by atoms with Crippen molar-refractivity contribution in [3.8, 4) is 0 Å². The summed E-state index contributed by atoms with van der Waals surface area (Å²) in [5.41, 5.74) is 0. The van der Waals surface area contributed by atoms with E-state index in [1.165, 1.54) is 11.3 Å². The number of hydrogen-bond acceptors (Lipinski definition) is 6. The summed E-state index contributed by atoms with van der Waals surface area (Å²) in [7, 11) is 1.73. The van der Waals surface area contributed by atoms with Crippen LogP contribution in [-0.4, -0.2) is 40.4 Å². The largest absolute Gasteiger partial charge is 0.391 e. The topological polar surface area (TPSA) is 87.1 Å². The molecule has 7 heteroatoms. The van der Waals surface area contributed by atoms with Crippen LogP contribution < -0.4 is 10.6 Å². The van der Waals surface area contributed by atoms with Gasteiger partial charge in [0, 0.05) is 7.05 Å². The van der Waals surface area contributed by atoms with E-state index < -0.39 is 6.10 Å². The summed E-state index contributed by atoms with van der Waals surface area (Å²) >= 11 is 1.21. The summed E-state index contributed by atoms with van der Waals surface area (Å²) in [6.45, 7) is 0. The standard InChI is InChI=1S/C11H18N4O2S/c1-12-11-15-14-10(18-11)9(17)13-7-5-3-2-4-6-8(7)16/h7-8,16H,2-6H2,1H3,(H,12,15)(H,13,17). The van der Waals surface area contributed by atoms with Crippen LogP contribution >= 0.6 is 11.3 Å². The van der Waals surface area contributed by atoms with Crippen LogP contribution in [0.25, 0.3) is 0 Å². The molecule has 1 aromatic rings. The van der Waals surface area contributed by atoms with E-state index in [4.69, 9.17) is 0 Å². The van der Waals surface area contributed by atoms with Crippen molar-refractivity contribution in [1.82, 2.24) is 15.5 Å². The van der Waals surface area contributed by atoms with Gasteiger partial charge in [-0.25, -0.2) is 0 Å². The van der Waals surface area contributed by atoms with E-state index in [2.05, 4.69) is 20.8 Å². The molecular weight excluding hydrogens is 252 g/mol. The second-order valence-electron chi connectivity index (χ2n) is 4.45. The smallest absolute Gasteiger partial charge is 0.282 e. The highest BCUT2D eigenvalue weighted by molar-refractivity contribution is 7.17. The number of anilines is 1. The maximum atomic E-state index is 12.0. The molecule has 2 rings (SSSR count). The Morgan fingerprint density at radius 3 is 2.83 bits per heavy atom. The zero-order valence-corrected chi connectivity index (χ0v) is 11.2. The van der Waals surface area contributed by atoms with Gasteiger partial charge in [0.1, 0.15) is 0 Å². The van der Waals surface area contributed by atoms with E-state index >= 15 is 0 Å². The molecule has 0 aromatic carbocycles. The number of nitrogens with zero attached hydrogens (tertiary/aromatic N) is 2. The number of rotatable bonds is 3. The second kappa shape index (κ2) is 6.10. The molecule has 1 amide bonds. The first-order valence-electron chi connectivity index (χ1n) is 6.21. The number of aliphatic hydroxyl groups excluding tert-OH is 1. The Morgan fingerprint density at radius 1 is 1.33 bits per heavy atom. The molecule has 0 saturated heterocycles. The summed E-state index contributed by atoms with van der Waals surface area (Å²) in [5.74, 6) is -0.250. The molecule has 0 radical (unpaired) electrons. The Bertz CT molecular complexity index is 410. The van der Waals surface area contributed by atoms with Crippen LogP contribution in [0.3, 0.4) is 0 Å². The highest BCUT2D eigenvalue weighted by atomic mass is 32.1. The zero-order chi connectivity index (χ0) is 13.0. The lowest BCUT2D eigenvalue weighted by Crippen LogP contribution is -2.42. The van der Waals surface area contributed by atoms with Gasteiger partial charge in [0.2, 0.25) is 10.1 Å². The van der Waals surface area contributed by atoms with Gasteiger partial charge in [-0.1, -0.05) is 30.6 Å². The molecule has 0 spiro atoms. The fourth-order valence-corrected chi connectivity index (χ4v) is 2.70. The van der Waals surface area contributed by atoms with Crippen molar-refractivity contribution in [2.24, 2.45) is 0 Å². The third-order valence-electron chi connectivity index (χ3n) is 3.13. The molecule has 1 aromatic heterocycles. The van der Waals surface area contributed by atoms with Crippen LogP contribution in [0.1, 0.15) is 41.9 Å². The fraction of sp³-hybridized carbons (Fsp3) is 0.727. The first-order chi connectivity index (χ1) is 8.70. The van der Waals surface area contributed by atoms with E-state index in [9.17, 15) is 9.90 Å². The fourth-order valence-electron chi connectivity index (χ4n) is 2.10. The molecule has 18 heavy (non-hydrogen) atoms. The van der Waals surface area contributed by atoms with Crippen molar-refractivity contribution in [1.29, 1.82) is 0 Å². The SMILES string of the molecule is CNc1nnc(C(=O)NC2CCCCCC2O)s1. The van der Waals surface area contributed by atoms with Crippen molar-refractivity contribution < 1.29 is 9.90 Å². The molecule has 2 unspecified atom stereocenters. The Kier molecular flexibility index (Phi) is 4.48. The summed E-state index contributed by atoms with van der Waals surface area (Å²) in [4.78, 5) is 12.0. The Balaban J connectivity index is 1.97. The number of carbonyl (C=O) groups is 1. The van der Waals surface area contributed by atoms with E-state index in [1.54, 1.807) is 7.05 Å². The Labute approximate surface area is 110 Å². The monoisotopic (exact) mass is 270 g/mol. The summed E-state index contributed by atoms with van der Waals surface area (Å²) < 4.78 is 0. The molecule has 2 atom stereocenters. The third kappa shape index (κ3) is 3.17. The minimum absolute atomic E-state index is 0.165. The lowest BCUT2D eigenvalue weighted by Gasteiger charge is -2.20. The number of nitrogens with one attached hydrogen (secondary N) is 2. The molecule has 6 nitrogen and oxygen atoms in total. The van der Waals surface area contributed by atoms with Crippen LogP contribution in [0.4, 0.5) is 5.13 Å². The normalized spacial score (nSPS) is 24.3. The summed E-state index contributed by atoms with van der Waals surface area (Å²) in [5, 5.41) is 24.2. The number of amides is 1. The number of aliphatic hydroxyl groups is 1. The molecule has 1 aliphatic carbocycles. The lowest BCUT2D eigenvalue weighted by molar-refractivity contribution is 0.0818.